The summed E-state index contributed by atoms with van der Waals surface area (Å²) in [5.41, 5.74) is 0.773. The molecule has 0 radical (unpaired) electrons. The van der Waals surface area contributed by atoms with Gasteiger partial charge >= 0.3 is 0 Å². The van der Waals surface area contributed by atoms with Gasteiger partial charge in [-0.1, -0.05) is 11.6 Å². The van der Waals surface area contributed by atoms with Crippen LogP contribution >= 0.6 is 11.6 Å². The van der Waals surface area contributed by atoms with Crippen molar-refractivity contribution in [3.63, 3.8) is 0 Å². The van der Waals surface area contributed by atoms with Crippen molar-refractivity contribution in [2.45, 2.75) is 6.04 Å². The lowest BCUT2D eigenvalue weighted by Gasteiger charge is -2.29. The summed E-state index contributed by atoms with van der Waals surface area (Å²) >= 11 is 5.78. The van der Waals surface area contributed by atoms with Gasteiger partial charge in [0.15, 0.2) is 0 Å². The van der Waals surface area contributed by atoms with Crippen LogP contribution in [0.3, 0.4) is 0 Å². The van der Waals surface area contributed by atoms with Crippen LogP contribution in [0.15, 0.2) is 24.3 Å². The third-order valence-corrected chi connectivity index (χ3v) is 3.06. The number of carbonyl (C=O) groups excluding carboxylic acids is 1. The van der Waals surface area contributed by atoms with Crippen LogP contribution in [0.2, 0.25) is 5.02 Å². The van der Waals surface area contributed by atoms with Crippen molar-refractivity contribution < 1.29 is 4.79 Å². The van der Waals surface area contributed by atoms with Gasteiger partial charge in [0.1, 0.15) is 0 Å². The molecule has 1 unspecified atom stereocenters. The lowest BCUT2D eigenvalue weighted by atomic mass is 10.2. The molecule has 0 aliphatic carbocycles. The second-order valence-corrected chi connectivity index (χ2v) is 4.70. The molecule has 1 atom stereocenters. The maximum atomic E-state index is 12.0. The Hall–Kier alpha value is -1.10. The summed E-state index contributed by atoms with van der Waals surface area (Å²) in [6.45, 7) is 2.55. The van der Waals surface area contributed by atoms with E-state index in [0.717, 1.165) is 25.3 Å². The smallest absolute Gasteiger partial charge is 0.242 e. The van der Waals surface area contributed by atoms with Gasteiger partial charge in [-0.2, -0.15) is 0 Å². The average Bonchev–Trinajstić information content (AvgIpc) is 2.32. The SMILES string of the molecule is CN1CCNC(C(=O)Nc2ccc(Cl)cc2)C1. The normalized spacial score (nSPS) is 21.2. The molecule has 0 aromatic heterocycles. The number of halogens is 1. The Kier molecular flexibility index (Phi) is 3.99. The molecular weight excluding hydrogens is 238 g/mol. The molecule has 1 aromatic rings. The topological polar surface area (TPSA) is 44.4 Å². The summed E-state index contributed by atoms with van der Waals surface area (Å²) in [6, 6.07) is 6.97. The average molecular weight is 254 g/mol. The number of nitrogens with one attached hydrogen (secondary N) is 2. The molecule has 2 rings (SSSR count). The van der Waals surface area contributed by atoms with E-state index in [9.17, 15) is 4.79 Å². The number of hydrogen-bond donors (Lipinski definition) is 2. The fourth-order valence-corrected chi connectivity index (χ4v) is 1.96. The van der Waals surface area contributed by atoms with Crippen molar-refractivity contribution in [3.8, 4) is 0 Å². The first kappa shape index (κ1) is 12.4. The third kappa shape index (κ3) is 3.43. The Morgan fingerprint density at radius 1 is 1.47 bits per heavy atom. The van der Waals surface area contributed by atoms with Crippen molar-refractivity contribution in [2.24, 2.45) is 0 Å². The van der Waals surface area contributed by atoms with E-state index in [0.29, 0.717) is 5.02 Å². The highest BCUT2D eigenvalue weighted by molar-refractivity contribution is 6.30. The molecule has 5 heteroatoms. The molecule has 17 heavy (non-hydrogen) atoms. The standard InChI is InChI=1S/C12H16ClN3O/c1-16-7-6-14-11(8-16)12(17)15-10-4-2-9(13)3-5-10/h2-5,11,14H,6-8H2,1H3,(H,15,17). The second-order valence-electron chi connectivity index (χ2n) is 4.27. The van der Waals surface area contributed by atoms with E-state index in [-0.39, 0.29) is 11.9 Å². The minimum atomic E-state index is -0.149. The largest absolute Gasteiger partial charge is 0.325 e. The van der Waals surface area contributed by atoms with Gasteiger partial charge in [-0.05, 0) is 31.3 Å². The van der Waals surface area contributed by atoms with Crippen molar-refractivity contribution >= 4 is 23.2 Å². The molecule has 1 fully saturated rings. The number of nitrogens with zero attached hydrogens (tertiary/aromatic N) is 1. The van der Waals surface area contributed by atoms with Crippen LogP contribution in [-0.4, -0.2) is 43.5 Å². The van der Waals surface area contributed by atoms with Crippen LogP contribution in [0.4, 0.5) is 5.69 Å². The molecule has 92 valence electrons. The fraction of sp³-hybridized carbons (Fsp3) is 0.417. The first-order valence-electron chi connectivity index (χ1n) is 5.63. The number of amides is 1. The van der Waals surface area contributed by atoms with Crippen LogP contribution in [-0.2, 0) is 4.79 Å². The van der Waals surface area contributed by atoms with Crippen molar-refractivity contribution in [1.29, 1.82) is 0 Å². The molecule has 2 N–H and O–H groups in total. The van der Waals surface area contributed by atoms with Gasteiger partial charge in [0.25, 0.3) is 0 Å². The summed E-state index contributed by atoms with van der Waals surface area (Å²) < 4.78 is 0. The summed E-state index contributed by atoms with van der Waals surface area (Å²) in [7, 11) is 2.02. The monoisotopic (exact) mass is 253 g/mol. The lowest BCUT2D eigenvalue weighted by molar-refractivity contribution is -0.119. The molecule has 1 aliphatic rings. The zero-order valence-electron chi connectivity index (χ0n) is 9.74. The highest BCUT2D eigenvalue weighted by atomic mass is 35.5. The Morgan fingerprint density at radius 2 is 2.18 bits per heavy atom. The van der Waals surface area contributed by atoms with Crippen LogP contribution in [0.25, 0.3) is 0 Å². The predicted octanol–water partition coefficient (Wildman–Crippen LogP) is 1.18. The van der Waals surface area contributed by atoms with E-state index < -0.39 is 0 Å². The molecule has 1 amide bonds. The van der Waals surface area contributed by atoms with Crippen molar-refractivity contribution in [3.05, 3.63) is 29.3 Å². The number of hydrogen-bond acceptors (Lipinski definition) is 3. The van der Waals surface area contributed by atoms with Gasteiger partial charge in [0.2, 0.25) is 5.91 Å². The Labute approximate surface area is 106 Å². The molecule has 0 saturated carbocycles. The molecule has 1 heterocycles. The maximum Gasteiger partial charge on any atom is 0.242 e. The summed E-state index contributed by atoms with van der Waals surface area (Å²) in [6.07, 6.45) is 0. The highest BCUT2D eigenvalue weighted by Gasteiger charge is 2.23. The highest BCUT2D eigenvalue weighted by Crippen LogP contribution is 2.13. The number of rotatable bonds is 2. The van der Waals surface area contributed by atoms with Crippen LogP contribution in [0, 0.1) is 0 Å². The molecular formula is C12H16ClN3O. The van der Waals surface area contributed by atoms with Crippen molar-refractivity contribution in [1.82, 2.24) is 10.2 Å². The quantitative estimate of drug-likeness (QED) is 0.832. The Morgan fingerprint density at radius 3 is 2.82 bits per heavy atom. The van der Waals surface area contributed by atoms with Crippen LogP contribution < -0.4 is 10.6 Å². The van der Waals surface area contributed by atoms with E-state index in [1.807, 2.05) is 7.05 Å². The summed E-state index contributed by atoms with van der Waals surface area (Å²) in [4.78, 5) is 14.1. The van der Waals surface area contributed by atoms with Gasteiger partial charge in [-0.3, -0.25) is 4.79 Å². The molecule has 0 spiro atoms. The number of likely N-dealkylation sites (N-methyl/N-ethyl adjacent to an activating group) is 1. The Bertz CT molecular complexity index is 393. The van der Waals surface area contributed by atoms with E-state index in [1.54, 1.807) is 24.3 Å². The van der Waals surface area contributed by atoms with Gasteiger partial charge < -0.3 is 15.5 Å². The molecule has 1 aliphatic heterocycles. The first-order valence-corrected chi connectivity index (χ1v) is 6.01. The van der Waals surface area contributed by atoms with E-state index >= 15 is 0 Å². The third-order valence-electron chi connectivity index (χ3n) is 2.81. The van der Waals surface area contributed by atoms with Crippen molar-refractivity contribution in [2.75, 3.05) is 32.0 Å². The summed E-state index contributed by atoms with van der Waals surface area (Å²) in [5.74, 6) is -0.00104. The lowest BCUT2D eigenvalue weighted by Crippen LogP contribution is -2.54. The van der Waals surface area contributed by atoms with Gasteiger partial charge in [-0.25, -0.2) is 0 Å². The van der Waals surface area contributed by atoms with Gasteiger partial charge in [0, 0.05) is 30.3 Å². The number of benzene rings is 1. The van der Waals surface area contributed by atoms with Gasteiger partial charge in [0.05, 0.1) is 6.04 Å². The maximum absolute atomic E-state index is 12.0. The van der Waals surface area contributed by atoms with E-state index in [4.69, 9.17) is 11.6 Å². The number of piperazine rings is 1. The number of anilines is 1. The first-order chi connectivity index (χ1) is 8.15. The van der Waals surface area contributed by atoms with E-state index in [1.165, 1.54) is 0 Å². The second kappa shape index (κ2) is 5.49. The summed E-state index contributed by atoms with van der Waals surface area (Å²) in [5, 5.41) is 6.74. The van der Waals surface area contributed by atoms with E-state index in [2.05, 4.69) is 15.5 Å². The number of carbonyl (C=O) groups is 1. The predicted molar refractivity (Wildman–Crippen MR) is 69.4 cm³/mol. The molecule has 4 nitrogen and oxygen atoms in total. The van der Waals surface area contributed by atoms with Crippen LogP contribution in [0.5, 0.6) is 0 Å². The van der Waals surface area contributed by atoms with Gasteiger partial charge in [-0.15, -0.1) is 0 Å². The fourth-order valence-electron chi connectivity index (χ4n) is 1.84. The van der Waals surface area contributed by atoms with Crippen LogP contribution in [0.1, 0.15) is 0 Å². The molecule has 1 saturated heterocycles. The molecule has 0 bridgehead atoms. The minimum Gasteiger partial charge on any atom is -0.325 e. The zero-order chi connectivity index (χ0) is 12.3. The zero-order valence-corrected chi connectivity index (χ0v) is 10.5. The Balaban J connectivity index is 1.94. The molecule has 1 aromatic carbocycles. The minimum absolute atomic E-state index is 0.00104.